The summed E-state index contributed by atoms with van der Waals surface area (Å²) in [5, 5.41) is 0. The molecule has 2 bridgehead atoms. The lowest BCUT2D eigenvalue weighted by molar-refractivity contribution is -0.140. The molecular formula is C16H24O3. The number of fused-ring (bicyclic) bond motifs is 2. The molecular weight excluding hydrogens is 240 g/mol. The van der Waals surface area contributed by atoms with Gasteiger partial charge < -0.3 is 4.74 Å². The fourth-order valence-electron chi connectivity index (χ4n) is 3.04. The van der Waals surface area contributed by atoms with Crippen LogP contribution in [0.3, 0.4) is 0 Å². The van der Waals surface area contributed by atoms with Crippen molar-refractivity contribution in [3.8, 4) is 0 Å². The van der Waals surface area contributed by atoms with Gasteiger partial charge in [0.05, 0.1) is 0 Å². The third-order valence-corrected chi connectivity index (χ3v) is 4.24. The van der Waals surface area contributed by atoms with Gasteiger partial charge in [0.15, 0.2) is 5.78 Å². The molecule has 0 aromatic carbocycles. The van der Waals surface area contributed by atoms with E-state index in [2.05, 4.69) is 6.92 Å². The Morgan fingerprint density at radius 1 is 1.21 bits per heavy atom. The summed E-state index contributed by atoms with van der Waals surface area (Å²) in [4.78, 5) is 23.5. The van der Waals surface area contributed by atoms with Crippen molar-refractivity contribution in [2.75, 3.05) is 0 Å². The van der Waals surface area contributed by atoms with E-state index < -0.39 is 0 Å². The molecule has 19 heavy (non-hydrogen) atoms. The second-order valence-electron chi connectivity index (χ2n) is 5.79. The SMILES string of the molecule is CCCCCCCC(=O)OC1=CC(=O)C2CCC1C2. The Morgan fingerprint density at radius 2 is 1.95 bits per heavy atom. The number of allylic oxidation sites excluding steroid dienone is 2. The van der Waals surface area contributed by atoms with E-state index in [9.17, 15) is 9.59 Å². The molecule has 0 heterocycles. The predicted octanol–water partition coefficient (Wildman–Crippen LogP) is 3.77. The molecule has 2 atom stereocenters. The molecule has 0 saturated heterocycles. The van der Waals surface area contributed by atoms with E-state index in [4.69, 9.17) is 4.74 Å². The molecule has 2 aliphatic rings. The molecule has 1 fully saturated rings. The molecule has 0 aliphatic heterocycles. The Morgan fingerprint density at radius 3 is 2.74 bits per heavy atom. The van der Waals surface area contributed by atoms with E-state index in [-0.39, 0.29) is 17.7 Å². The minimum Gasteiger partial charge on any atom is -0.431 e. The first kappa shape index (κ1) is 14.3. The van der Waals surface area contributed by atoms with Crippen LogP contribution in [-0.2, 0) is 14.3 Å². The average Bonchev–Trinajstić information content (AvgIpc) is 2.82. The summed E-state index contributed by atoms with van der Waals surface area (Å²) < 4.78 is 5.40. The maximum absolute atomic E-state index is 11.8. The molecule has 0 spiro atoms. The molecule has 2 unspecified atom stereocenters. The molecule has 0 radical (unpaired) electrons. The maximum Gasteiger partial charge on any atom is 0.310 e. The molecule has 0 aromatic rings. The van der Waals surface area contributed by atoms with Crippen molar-refractivity contribution in [1.82, 2.24) is 0 Å². The zero-order valence-corrected chi connectivity index (χ0v) is 11.8. The summed E-state index contributed by atoms with van der Waals surface area (Å²) in [6.45, 7) is 2.18. The van der Waals surface area contributed by atoms with Crippen molar-refractivity contribution in [3.05, 3.63) is 11.8 Å². The summed E-state index contributed by atoms with van der Waals surface area (Å²) in [7, 11) is 0. The standard InChI is InChI=1S/C16H24O3/c1-2-3-4-5-6-7-16(18)19-15-11-14(17)12-8-9-13(15)10-12/h11-13H,2-10H2,1H3. The van der Waals surface area contributed by atoms with Gasteiger partial charge in [-0.15, -0.1) is 0 Å². The van der Waals surface area contributed by atoms with Crippen molar-refractivity contribution in [3.63, 3.8) is 0 Å². The van der Waals surface area contributed by atoms with E-state index in [1.807, 2.05) is 0 Å². The molecule has 3 nitrogen and oxygen atoms in total. The van der Waals surface area contributed by atoms with Crippen molar-refractivity contribution >= 4 is 11.8 Å². The van der Waals surface area contributed by atoms with Crippen LogP contribution in [0.15, 0.2) is 11.8 Å². The number of hydrogen-bond donors (Lipinski definition) is 0. The normalized spacial score (nSPS) is 25.3. The number of unbranched alkanes of at least 4 members (excludes halogenated alkanes) is 4. The minimum absolute atomic E-state index is 0.152. The topological polar surface area (TPSA) is 43.4 Å². The Bertz CT molecular complexity index is 370. The Kier molecular flexibility index (Phi) is 5.17. The lowest BCUT2D eigenvalue weighted by atomic mass is 9.93. The smallest absolute Gasteiger partial charge is 0.310 e. The zero-order valence-electron chi connectivity index (χ0n) is 11.8. The van der Waals surface area contributed by atoms with E-state index in [1.54, 1.807) is 6.08 Å². The van der Waals surface area contributed by atoms with Gasteiger partial charge in [-0.25, -0.2) is 0 Å². The van der Waals surface area contributed by atoms with Crippen molar-refractivity contribution in [2.45, 2.75) is 64.7 Å². The van der Waals surface area contributed by atoms with Gasteiger partial charge in [0.1, 0.15) is 5.76 Å². The lowest BCUT2D eigenvalue weighted by Gasteiger charge is -2.19. The molecule has 2 rings (SSSR count). The van der Waals surface area contributed by atoms with Gasteiger partial charge in [-0.1, -0.05) is 32.6 Å². The van der Waals surface area contributed by atoms with Gasteiger partial charge in [0, 0.05) is 24.3 Å². The van der Waals surface area contributed by atoms with Crippen LogP contribution in [0.5, 0.6) is 0 Å². The Balaban J connectivity index is 1.72. The molecule has 1 saturated carbocycles. The summed E-state index contributed by atoms with van der Waals surface area (Å²) in [6, 6.07) is 0. The minimum atomic E-state index is -0.166. The largest absolute Gasteiger partial charge is 0.431 e. The van der Waals surface area contributed by atoms with Gasteiger partial charge in [-0.3, -0.25) is 9.59 Å². The van der Waals surface area contributed by atoms with Gasteiger partial charge in [-0.05, 0) is 25.7 Å². The third kappa shape index (κ3) is 3.92. The number of esters is 1. The highest BCUT2D eigenvalue weighted by Gasteiger charge is 2.37. The lowest BCUT2D eigenvalue weighted by Crippen LogP contribution is -2.19. The van der Waals surface area contributed by atoms with Crippen LogP contribution in [0.2, 0.25) is 0 Å². The van der Waals surface area contributed by atoms with Crippen molar-refractivity contribution in [1.29, 1.82) is 0 Å². The molecule has 3 heteroatoms. The van der Waals surface area contributed by atoms with Crippen molar-refractivity contribution in [2.24, 2.45) is 11.8 Å². The van der Waals surface area contributed by atoms with Crippen LogP contribution in [0.25, 0.3) is 0 Å². The molecule has 2 aliphatic carbocycles. The number of rotatable bonds is 7. The third-order valence-electron chi connectivity index (χ3n) is 4.24. The molecule has 0 amide bonds. The van der Waals surface area contributed by atoms with Crippen molar-refractivity contribution < 1.29 is 14.3 Å². The number of carbonyl (C=O) groups is 2. The first-order valence-corrected chi connectivity index (χ1v) is 7.66. The summed E-state index contributed by atoms with van der Waals surface area (Å²) in [5.74, 6) is 1.13. The Hall–Kier alpha value is -1.12. The van der Waals surface area contributed by atoms with Crippen LogP contribution in [0.4, 0.5) is 0 Å². The van der Waals surface area contributed by atoms with Gasteiger partial charge in [0.2, 0.25) is 0 Å². The van der Waals surface area contributed by atoms with Gasteiger partial charge >= 0.3 is 5.97 Å². The molecule has 0 N–H and O–H groups in total. The van der Waals surface area contributed by atoms with E-state index >= 15 is 0 Å². The van der Waals surface area contributed by atoms with Gasteiger partial charge in [-0.2, -0.15) is 0 Å². The zero-order chi connectivity index (χ0) is 13.7. The maximum atomic E-state index is 11.8. The number of hydrogen-bond acceptors (Lipinski definition) is 3. The Labute approximate surface area is 115 Å². The van der Waals surface area contributed by atoms with Gasteiger partial charge in [0.25, 0.3) is 0 Å². The number of ether oxygens (including phenoxy) is 1. The van der Waals surface area contributed by atoms with Crippen LogP contribution < -0.4 is 0 Å². The average molecular weight is 264 g/mol. The highest BCUT2D eigenvalue weighted by Crippen LogP contribution is 2.40. The molecule has 0 aromatic heterocycles. The highest BCUT2D eigenvalue weighted by molar-refractivity contribution is 5.94. The second-order valence-corrected chi connectivity index (χ2v) is 5.79. The van der Waals surface area contributed by atoms with E-state index in [0.29, 0.717) is 18.1 Å². The summed E-state index contributed by atoms with van der Waals surface area (Å²) in [6.07, 6.45) is 10.5. The number of ketones is 1. The van der Waals surface area contributed by atoms with Crippen LogP contribution in [0.1, 0.15) is 64.7 Å². The monoisotopic (exact) mass is 264 g/mol. The first-order chi connectivity index (χ1) is 9.20. The van der Waals surface area contributed by atoms with Crippen LogP contribution in [-0.4, -0.2) is 11.8 Å². The summed E-state index contributed by atoms with van der Waals surface area (Å²) >= 11 is 0. The summed E-state index contributed by atoms with van der Waals surface area (Å²) in [5.41, 5.74) is 0. The fourth-order valence-corrected chi connectivity index (χ4v) is 3.04. The van der Waals surface area contributed by atoms with Crippen LogP contribution in [0, 0.1) is 11.8 Å². The number of carbonyl (C=O) groups excluding carboxylic acids is 2. The molecule has 106 valence electrons. The van der Waals surface area contributed by atoms with E-state index in [1.165, 1.54) is 19.3 Å². The predicted molar refractivity (Wildman–Crippen MR) is 73.4 cm³/mol. The quantitative estimate of drug-likeness (QED) is 0.519. The fraction of sp³-hybridized carbons (Fsp3) is 0.750. The van der Waals surface area contributed by atoms with Crippen LogP contribution >= 0.6 is 0 Å². The highest BCUT2D eigenvalue weighted by atomic mass is 16.5. The first-order valence-electron chi connectivity index (χ1n) is 7.66. The van der Waals surface area contributed by atoms with E-state index in [0.717, 1.165) is 32.1 Å². The second kappa shape index (κ2) is 6.88.